The van der Waals surface area contributed by atoms with Crippen LogP contribution in [-0.2, 0) is 4.79 Å². The highest BCUT2D eigenvalue weighted by atomic mass is 16.5. The fourth-order valence-corrected chi connectivity index (χ4v) is 3.97. The number of amidine groups is 1. The molecule has 152 valence electrons. The molecule has 0 radical (unpaired) electrons. The van der Waals surface area contributed by atoms with Gasteiger partial charge in [0.1, 0.15) is 29.7 Å². The van der Waals surface area contributed by atoms with E-state index in [2.05, 4.69) is 32.7 Å². The Bertz CT molecular complexity index is 926. The molecule has 7 heteroatoms. The highest BCUT2D eigenvalue weighted by molar-refractivity contribution is 6.11. The lowest BCUT2D eigenvalue weighted by Gasteiger charge is -2.25. The predicted octanol–water partition coefficient (Wildman–Crippen LogP) is 2.61. The smallest absolute Gasteiger partial charge is 0.149 e. The molecule has 1 saturated heterocycles. The Morgan fingerprint density at radius 3 is 2.62 bits per heavy atom. The van der Waals surface area contributed by atoms with E-state index in [1.165, 1.54) is 5.69 Å². The first-order valence-electron chi connectivity index (χ1n) is 9.75. The Morgan fingerprint density at radius 1 is 1.21 bits per heavy atom. The number of hydrogen-bond donors (Lipinski definition) is 2. The average molecular weight is 394 g/mol. The number of hydrogen-bond acceptors (Lipinski definition) is 7. The van der Waals surface area contributed by atoms with Crippen molar-refractivity contribution < 1.29 is 14.3 Å². The minimum Gasteiger partial charge on any atom is -0.497 e. The first-order valence-corrected chi connectivity index (χ1v) is 9.75. The number of carbonyl (C=O) groups excluding carboxylic acids is 1. The maximum absolute atomic E-state index is 11.8. The Morgan fingerprint density at radius 2 is 2.00 bits per heavy atom. The second-order valence-corrected chi connectivity index (χ2v) is 7.24. The van der Waals surface area contributed by atoms with Gasteiger partial charge in [-0.05, 0) is 37.7 Å². The normalized spacial score (nSPS) is 20.5. The van der Waals surface area contributed by atoms with E-state index >= 15 is 0 Å². The lowest BCUT2D eigenvalue weighted by Crippen LogP contribution is -2.29. The van der Waals surface area contributed by atoms with Crippen LogP contribution in [0.1, 0.15) is 23.6 Å². The Balaban J connectivity index is 1.62. The maximum atomic E-state index is 11.8. The third-order valence-electron chi connectivity index (χ3n) is 5.62. The lowest BCUT2D eigenvalue weighted by molar-refractivity contribution is -0.108. The molecule has 0 spiro atoms. The monoisotopic (exact) mass is 394 g/mol. The number of aliphatic imine (C=N–C) groups is 1. The number of methoxy groups -OCH3 is 2. The number of nitrogens with zero attached hydrogens (tertiary/aromatic N) is 2. The molecular weight excluding hydrogens is 368 g/mol. The first-order chi connectivity index (χ1) is 14.2. The van der Waals surface area contributed by atoms with Crippen LogP contribution in [0, 0.1) is 0 Å². The van der Waals surface area contributed by atoms with Gasteiger partial charge in [-0.2, -0.15) is 0 Å². The van der Waals surface area contributed by atoms with Crippen molar-refractivity contribution in [3.05, 3.63) is 47.5 Å². The summed E-state index contributed by atoms with van der Waals surface area (Å²) in [5.41, 5.74) is 3.61. The van der Waals surface area contributed by atoms with Gasteiger partial charge < -0.3 is 29.8 Å². The van der Waals surface area contributed by atoms with Gasteiger partial charge in [0.15, 0.2) is 0 Å². The average Bonchev–Trinajstić information content (AvgIpc) is 3.26. The van der Waals surface area contributed by atoms with Crippen molar-refractivity contribution in [3.8, 4) is 11.5 Å². The lowest BCUT2D eigenvalue weighted by atomic mass is 10.0. The van der Waals surface area contributed by atoms with E-state index in [0.717, 1.165) is 42.6 Å². The van der Waals surface area contributed by atoms with Crippen molar-refractivity contribution in [1.82, 2.24) is 5.32 Å². The Labute approximate surface area is 170 Å². The van der Waals surface area contributed by atoms with E-state index < -0.39 is 6.04 Å². The molecule has 2 atom stereocenters. The Hall–Kier alpha value is -3.06. The van der Waals surface area contributed by atoms with Crippen molar-refractivity contribution in [1.29, 1.82) is 0 Å². The summed E-state index contributed by atoms with van der Waals surface area (Å²) in [6.07, 6.45) is 1.99. The van der Waals surface area contributed by atoms with E-state index in [0.29, 0.717) is 23.4 Å². The second-order valence-electron chi connectivity index (χ2n) is 7.24. The summed E-state index contributed by atoms with van der Waals surface area (Å²) in [6, 6.07) is 11.8. The number of nitrogens with one attached hydrogen (secondary N) is 2. The highest BCUT2D eigenvalue weighted by Gasteiger charge is 2.27. The van der Waals surface area contributed by atoms with Gasteiger partial charge in [0.25, 0.3) is 0 Å². The summed E-state index contributed by atoms with van der Waals surface area (Å²) >= 11 is 0. The zero-order valence-corrected chi connectivity index (χ0v) is 16.9. The highest BCUT2D eigenvalue weighted by Crippen LogP contribution is 2.40. The molecule has 0 amide bonds. The van der Waals surface area contributed by atoms with Crippen molar-refractivity contribution >= 4 is 23.5 Å². The summed E-state index contributed by atoms with van der Waals surface area (Å²) in [6.45, 7) is 2.06. The van der Waals surface area contributed by atoms with Crippen molar-refractivity contribution in [2.75, 3.05) is 44.6 Å². The van der Waals surface area contributed by atoms with E-state index in [4.69, 9.17) is 9.47 Å². The molecule has 7 nitrogen and oxygen atoms in total. The number of carbonyl (C=O) groups is 1. The fraction of sp³-hybridized carbons (Fsp3) is 0.364. The van der Waals surface area contributed by atoms with Gasteiger partial charge in [0, 0.05) is 48.1 Å². The molecule has 4 rings (SSSR count). The third-order valence-corrected chi connectivity index (χ3v) is 5.62. The van der Waals surface area contributed by atoms with Crippen LogP contribution < -0.4 is 25.0 Å². The van der Waals surface area contributed by atoms with E-state index in [-0.39, 0.29) is 0 Å². The number of aldehydes is 1. The topological polar surface area (TPSA) is 75.2 Å². The number of likely N-dealkylation sites (N-methyl/N-ethyl adjacent to an activating group) is 1. The van der Waals surface area contributed by atoms with Gasteiger partial charge in [-0.1, -0.05) is 0 Å². The Kier molecular flexibility index (Phi) is 5.40. The maximum Gasteiger partial charge on any atom is 0.149 e. The molecule has 0 bridgehead atoms. The molecule has 2 unspecified atom stereocenters. The molecule has 0 saturated carbocycles. The van der Waals surface area contributed by atoms with Gasteiger partial charge in [-0.3, -0.25) is 4.99 Å². The fourth-order valence-electron chi connectivity index (χ4n) is 3.97. The van der Waals surface area contributed by atoms with Crippen LogP contribution in [-0.4, -0.2) is 52.5 Å². The minimum absolute atomic E-state index is 0.536. The molecule has 2 aliphatic heterocycles. The minimum atomic E-state index is -0.628. The van der Waals surface area contributed by atoms with Crippen LogP contribution in [0.5, 0.6) is 11.5 Å². The molecule has 2 heterocycles. The van der Waals surface area contributed by atoms with E-state index in [1.54, 1.807) is 20.3 Å². The first kappa shape index (κ1) is 19.3. The summed E-state index contributed by atoms with van der Waals surface area (Å²) in [5.74, 6) is 1.89. The summed E-state index contributed by atoms with van der Waals surface area (Å²) < 4.78 is 10.8. The second kappa shape index (κ2) is 8.13. The summed E-state index contributed by atoms with van der Waals surface area (Å²) in [4.78, 5) is 18.8. The molecule has 0 aliphatic carbocycles. The number of fused-ring (bicyclic) bond motifs is 1. The third kappa shape index (κ3) is 3.65. The molecule has 29 heavy (non-hydrogen) atoms. The number of anilines is 2. The van der Waals surface area contributed by atoms with Crippen LogP contribution in [0.3, 0.4) is 0 Å². The van der Waals surface area contributed by atoms with Crippen molar-refractivity contribution in [2.24, 2.45) is 4.99 Å². The quantitative estimate of drug-likeness (QED) is 0.734. The SMILES string of the molecule is CNC1CCN(c2ccc(C3=NC(C=O)c4c(cc(OC)cc4OC)N3)cc2)C1. The van der Waals surface area contributed by atoms with Crippen LogP contribution >= 0.6 is 0 Å². The number of ether oxygens (including phenoxy) is 2. The summed E-state index contributed by atoms with van der Waals surface area (Å²) in [7, 11) is 5.19. The number of rotatable bonds is 6. The molecule has 2 aliphatic rings. The van der Waals surface area contributed by atoms with Crippen LogP contribution in [0.15, 0.2) is 41.4 Å². The molecular formula is C22H26N4O3. The van der Waals surface area contributed by atoms with Crippen molar-refractivity contribution in [2.45, 2.75) is 18.5 Å². The largest absolute Gasteiger partial charge is 0.497 e. The van der Waals surface area contributed by atoms with Gasteiger partial charge in [0.05, 0.1) is 19.9 Å². The number of benzene rings is 2. The van der Waals surface area contributed by atoms with Crippen LogP contribution in [0.2, 0.25) is 0 Å². The van der Waals surface area contributed by atoms with Gasteiger partial charge in [-0.25, -0.2) is 0 Å². The van der Waals surface area contributed by atoms with Crippen LogP contribution in [0.25, 0.3) is 0 Å². The molecule has 2 aromatic carbocycles. The van der Waals surface area contributed by atoms with Gasteiger partial charge in [0.2, 0.25) is 0 Å². The molecule has 2 aromatic rings. The van der Waals surface area contributed by atoms with Crippen LogP contribution in [0.4, 0.5) is 11.4 Å². The van der Waals surface area contributed by atoms with E-state index in [1.807, 2.05) is 25.2 Å². The van der Waals surface area contributed by atoms with Gasteiger partial charge >= 0.3 is 0 Å². The molecule has 0 aromatic heterocycles. The van der Waals surface area contributed by atoms with E-state index in [9.17, 15) is 4.79 Å². The standard InChI is InChI=1S/C22H26N4O3/c1-23-15-8-9-26(12-15)16-6-4-14(5-7-16)22-24-18-10-17(28-2)11-20(29-3)21(18)19(13-27)25-22/h4-7,10-11,13,15,19,23H,8-9,12H2,1-3H3,(H,24,25). The molecule has 2 N–H and O–H groups in total. The van der Waals surface area contributed by atoms with Gasteiger partial charge in [-0.15, -0.1) is 0 Å². The zero-order chi connectivity index (χ0) is 20.4. The molecule has 1 fully saturated rings. The predicted molar refractivity (Wildman–Crippen MR) is 115 cm³/mol. The van der Waals surface area contributed by atoms with Crippen molar-refractivity contribution in [3.63, 3.8) is 0 Å². The zero-order valence-electron chi connectivity index (χ0n) is 16.9. The summed E-state index contributed by atoms with van der Waals surface area (Å²) in [5, 5.41) is 6.68.